The van der Waals surface area contributed by atoms with Gasteiger partial charge in [-0.3, -0.25) is 4.79 Å². The summed E-state index contributed by atoms with van der Waals surface area (Å²) in [6.07, 6.45) is 0.964. The largest absolute Gasteiger partial charge is 0.459 e. The summed E-state index contributed by atoms with van der Waals surface area (Å²) >= 11 is 0. The van der Waals surface area contributed by atoms with Gasteiger partial charge in [0.1, 0.15) is 12.6 Å². The number of aliphatic hydroxyl groups excluding tert-OH is 1. The van der Waals surface area contributed by atoms with Crippen molar-refractivity contribution in [3.8, 4) is 11.5 Å². The fourth-order valence-corrected chi connectivity index (χ4v) is 3.52. The normalized spacial score (nSPS) is 17.7. The number of carbonyl (C=O) groups is 1. The number of benzene rings is 1. The Morgan fingerprint density at radius 2 is 2.04 bits per heavy atom. The van der Waals surface area contributed by atoms with Crippen molar-refractivity contribution >= 4 is 5.91 Å². The molecule has 0 spiro atoms. The standard InChI is InChI=1S/C20H24N2O6/c23-16(13-25-12-15-3-4-17-19(10-15)28-14-27-17)11-21-5-7-22(8-6-21)20(24)18-2-1-9-26-18/h1-4,9-10,16,23H,5-8,11-14H2/p+1/t16-/m1/s1. The molecule has 2 N–H and O–H groups in total. The van der Waals surface area contributed by atoms with Gasteiger partial charge in [0.05, 0.1) is 45.7 Å². The second-order valence-electron chi connectivity index (χ2n) is 7.08. The summed E-state index contributed by atoms with van der Waals surface area (Å²) in [6, 6.07) is 9.10. The highest BCUT2D eigenvalue weighted by atomic mass is 16.7. The Hall–Kier alpha value is -2.55. The Labute approximate surface area is 163 Å². The average molecular weight is 389 g/mol. The first kappa shape index (κ1) is 18.8. The summed E-state index contributed by atoms with van der Waals surface area (Å²) in [5.74, 6) is 1.78. The van der Waals surface area contributed by atoms with E-state index < -0.39 is 6.10 Å². The number of aliphatic hydroxyl groups is 1. The Kier molecular flexibility index (Phi) is 5.80. The minimum Gasteiger partial charge on any atom is -0.459 e. The maximum atomic E-state index is 12.3. The van der Waals surface area contributed by atoms with Crippen LogP contribution < -0.4 is 14.4 Å². The molecular weight excluding hydrogens is 364 g/mol. The number of carbonyl (C=O) groups excluding carboxylic acids is 1. The third kappa shape index (κ3) is 4.46. The fraction of sp³-hybridized carbons (Fsp3) is 0.450. The summed E-state index contributed by atoms with van der Waals surface area (Å²) in [5.41, 5.74) is 0.980. The molecule has 4 rings (SSSR count). The summed E-state index contributed by atoms with van der Waals surface area (Å²) in [6.45, 7) is 4.43. The quantitative estimate of drug-likeness (QED) is 0.690. The Balaban J connectivity index is 1.16. The summed E-state index contributed by atoms with van der Waals surface area (Å²) < 4.78 is 21.5. The first-order valence-corrected chi connectivity index (χ1v) is 9.50. The van der Waals surface area contributed by atoms with Gasteiger partial charge in [-0.05, 0) is 29.8 Å². The van der Waals surface area contributed by atoms with E-state index in [1.807, 2.05) is 18.2 Å². The van der Waals surface area contributed by atoms with Crippen LogP contribution in [0.15, 0.2) is 41.0 Å². The molecule has 1 amide bonds. The zero-order valence-electron chi connectivity index (χ0n) is 15.6. The lowest BCUT2D eigenvalue weighted by molar-refractivity contribution is -0.907. The molecule has 1 atom stereocenters. The van der Waals surface area contributed by atoms with Crippen molar-refractivity contribution in [2.45, 2.75) is 12.7 Å². The molecule has 0 unspecified atom stereocenters. The van der Waals surface area contributed by atoms with Crippen molar-refractivity contribution < 1.29 is 33.4 Å². The lowest BCUT2D eigenvalue weighted by atomic mass is 10.2. The number of amides is 1. The van der Waals surface area contributed by atoms with Gasteiger partial charge in [0.2, 0.25) is 6.79 Å². The second-order valence-corrected chi connectivity index (χ2v) is 7.08. The average Bonchev–Trinajstić information content (AvgIpc) is 3.39. The number of ether oxygens (including phenoxy) is 3. The molecule has 8 heteroatoms. The molecule has 8 nitrogen and oxygen atoms in total. The smallest absolute Gasteiger partial charge is 0.289 e. The van der Waals surface area contributed by atoms with E-state index in [9.17, 15) is 9.90 Å². The molecule has 1 aromatic heterocycles. The van der Waals surface area contributed by atoms with E-state index in [1.54, 1.807) is 17.0 Å². The molecule has 3 heterocycles. The highest BCUT2D eigenvalue weighted by molar-refractivity contribution is 5.91. The van der Waals surface area contributed by atoms with Crippen molar-refractivity contribution in [1.82, 2.24) is 4.90 Å². The molecule has 0 radical (unpaired) electrons. The molecule has 2 aromatic rings. The molecular formula is C20H25N2O6+. The molecule has 2 aliphatic heterocycles. The van der Waals surface area contributed by atoms with Crippen LogP contribution in [0.4, 0.5) is 0 Å². The highest BCUT2D eigenvalue weighted by Gasteiger charge is 2.27. The highest BCUT2D eigenvalue weighted by Crippen LogP contribution is 2.32. The zero-order valence-corrected chi connectivity index (χ0v) is 15.6. The fourth-order valence-electron chi connectivity index (χ4n) is 3.52. The molecule has 150 valence electrons. The predicted molar refractivity (Wildman–Crippen MR) is 98.4 cm³/mol. The van der Waals surface area contributed by atoms with Crippen molar-refractivity contribution in [3.63, 3.8) is 0 Å². The van der Waals surface area contributed by atoms with Gasteiger partial charge in [0.25, 0.3) is 5.91 Å². The molecule has 0 aliphatic carbocycles. The first-order chi connectivity index (χ1) is 13.7. The van der Waals surface area contributed by atoms with Crippen LogP contribution >= 0.6 is 0 Å². The predicted octanol–water partition coefficient (Wildman–Crippen LogP) is -0.0733. The number of nitrogens with one attached hydrogen (secondary N) is 1. The number of quaternary nitrogens is 1. The van der Waals surface area contributed by atoms with Crippen LogP contribution in [0.2, 0.25) is 0 Å². The van der Waals surface area contributed by atoms with Crippen molar-refractivity contribution in [3.05, 3.63) is 47.9 Å². The van der Waals surface area contributed by atoms with Crippen LogP contribution in [0.25, 0.3) is 0 Å². The molecule has 1 aromatic carbocycles. The van der Waals surface area contributed by atoms with Crippen LogP contribution in [0, 0.1) is 0 Å². The van der Waals surface area contributed by atoms with Gasteiger partial charge in [-0.2, -0.15) is 0 Å². The van der Waals surface area contributed by atoms with Crippen LogP contribution in [0.3, 0.4) is 0 Å². The van der Waals surface area contributed by atoms with Gasteiger partial charge >= 0.3 is 0 Å². The number of nitrogens with zero attached hydrogens (tertiary/aromatic N) is 1. The van der Waals surface area contributed by atoms with Crippen molar-refractivity contribution in [1.29, 1.82) is 0 Å². The topological polar surface area (TPSA) is 85.8 Å². The van der Waals surface area contributed by atoms with Crippen LogP contribution in [-0.4, -0.2) is 68.1 Å². The van der Waals surface area contributed by atoms with E-state index in [0.29, 0.717) is 32.0 Å². The molecule has 0 bridgehead atoms. The van der Waals surface area contributed by atoms with Gasteiger partial charge in [-0.1, -0.05) is 6.07 Å². The third-order valence-corrected chi connectivity index (χ3v) is 5.03. The zero-order chi connectivity index (χ0) is 19.3. The minimum atomic E-state index is -0.545. The lowest BCUT2D eigenvalue weighted by Gasteiger charge is -2.32. The molecule has 1 saturated heterocycles. The number of piperazine rings is 1. The first-order valence-electron chi connectivity index (χ1n) is 9.50. The minimum absolute atomic E-state index is 0.0725. The van der Waals surface area contributed by atoms with E-state index >= 15 is 0 Å². The summed E-state index contributed by atoms with van der Waals surface area (Å²) in [7, 11) is 0. The maximum absolute atomic E-state index is 12.3. The van der Waals surface area contributed by atoms with E-state index in [0.717, 1.165) is 30.2 Å². The molecule has 0 saturated carbocycles. The van der Waals surface area contributed by atoms with Crippen molar-refractivity contribution in [2.24, 2.45) is 0 Å². The van der Waals surface area contributed by atoms with Gasteiger partial charge in [-0.15, -0.1) is 0 Å². The maximum Gasteiger partial charge on any atom is 0.289 e. The Morgan fingerprint density at radius 1 is 1.21 bits per heavy atom. The van der Waals surface area contributed by atoms with E-state index in [4.69, 9.17) is 18.6 Å². The Morgan fingerprint density at radius 3 is 2.82 bits per heavy atom. The number of furan rings is 1. The van der Waals surface area contributed by atoms with E-state index in [2.05, 4.69) is 0 Å². The Bertz CT molecular complexity index is 786. The van der Waals surface area contributed by atoms with Crippen LogP contribution in [-0.2, 0) is 11.3 Å². The van der Waals surface area contributed by atoms with Crippen molar-refractivity contribution in [2.75, 3.05) is 46.1 Å². The van der Waals surface area contributed by atoms with E-state index in [1.165, 1.54) is 11.2 Å². The van der Waals surface area contributed by atoms with Gasteiger partial charge in [-0.25, -0.2) is 0 Å². The monoisotopic (exact) mass is 389 g/mol. The molecule has 28 heavy (non-hydrogen) atoms. The van der Waals surface area contributed by atoms with Gasteiger partial charge < -0.3 is 33.5 Å². The number of hydrogen-bond donors (Lipinski definition) is 2. The number of fused-ring (bicyclic) bond motifs is 1. The van der Waals surface area contributed by atoms with Gasteiger partial charge in [0.15, 0.2) is 17.3 Å². The SMILES string of the molecule is O=C(c1ccco1)N1CC[NH+](C[C@@H](O)COCc2ccc3c(c2)OCO3)CC1. The molecule has 1 fully saturated rings. The van der Waals surface area contributed by atoms with E-state index in [-0.39, 0.29) is 19.3 Å². The second kappa shape index (κ2) is 8.64. The van der Waals surface area contributed by atoms with Gasteiger partial charge in [0, 0.05) is 0 Å². The number of hydrogen-bond acceptors (Lipinski definition) is 6. The third-order valence-electron chi connectivity index (χ3n) is 5.03. The van der Waals surface area contributed by atoms with Crippen LogP contribution in [0.1, 0.15) is 16.1 Å². The number of rotatable bonds is 7. The van der Waals surface area contributed by atoms with Crippen LogP contribution in [0.5, 0.6) is 11.5 Å². The summed E-state index contributed by atoms with van der Waals surface area (Å²) in [4.78, 5) is 15.3. The summed E-state index contributed by atoms with van der Waals surface area (Å²) in [5, 5.41) is 10.3. The lowest BCUT2D eigenvalue weighted by Crippen LogP contribution is -3.15. The molecule has 2 aliphatic rings.